The monoisotopic (exact) mass is 295 g/mol. The molecule has 0 aliphatic rings. The molecule has 90 valence electrons. The van der Waals surface area contributed by atoms with Gasteiger partial charge in [-0.25, -0.2) is 0 Å². The van der Waals surface area contributed by atoms with Gasteiger partial charge in [-0.1, -0.05) is 34.1 Å². The number of benzene rings is 1. The number of ether oxygens (including phenoxy) is 1. The van der Waals surface area contributed by atoms with Gasteiger partial charge in [-0.15, -0.1) is 0 Å². The summed E-state index contributed by atoms with van der Waals surface area (Å²) in [4.78, 5) is 0. The van der Waals surface area contributed by atoms with Gasteiger partial charge in [0.05, 0.1) is 13.2 Å². The number of hydrogen-bond acceptors (Lipinski definition) is 3. The van der Waals surface area contributed by atoms with E-state index in [9.17, 15) is 0 Å². The van der Waals surface area contributed by atoms with E-state index >= 15 is 0 Å². The molecule has 0 unspecified atom stereocenters. The third-order valence-electron chi connectivity index (χ3n) is 2.38. The van der Waals surface area contributed by atoms with Crippen LogP contribution < -0.4 is 5.73 Å². The highest BCUT2D eigenvalue weighted by atomic mass is 79.9. The molecule has 0 atom stereocenters. The molecule has 0 radical (unpaired) electrons. The molecule has 0 aliphatic carbocycles. The number of furan rings is 1. The van der Waals surface area contributed by atoms with Crippen molar-refractivity contribution in [1.29, 1.82) is 0 Å². The quantitative estimate of drug-likeness (QED) is 0.921. The summed E-state index contributed by atoms with van der Waals surface area (Å²) in [5.74, 6) is 1.59. The summed E-state index contributed by atoms with van der Waals surface area (Å²) in [6.45, 7) is 1.44. The maximum atomic E-state index is 5.58. The zero-order valence-electron chi connectivity index (χ0n) is 9.36. The lowest BCUT2D eigenvalue weighted by atomic mass is 10.2. The van der Waals surface area contributed by atoms with Crippen LogP contribution >= 0.6 is 15.9 Å². The van der Waals surface area contributed by atoms with Crippen molar-refractivity contribution in [2.24, 2.45) is 5.73 Å². The summed E-state index contributed by atoms with van der Waals surface area (Å²) in [5.41, 5.74) is 6.59. The zero-order valence-corrected chi connectivity index (χ0v) is 10.9. The molecule has 0 amide bonds. The van der Waals surface area contributed by atoms with Gasteiger partial charge in [-0.2, -0.15) is 0 Å². The Labute approximate surface area is 109 Å². The molecule has 2 aromatic rings. The molecule has 0 saturated carbocycles. The fourth-order valence-electron chi connectivity index (χ4n) is 1.49. The van der Waals surface area contributed by atoms with Crippen LogP contribution in [0, 0.1) is 0 Å². The molecule has 0 bridgehead atoms. The summed E-state index contributed by atoms with van der Waals surface area (Å²) in [7, 11) is 0. The third-order valence-corrected chi connectivity index (χ3v) is 3.15. The summed E-state index contributed by atoms with van der Waals surface area (Å²) < 4.78 is 12.1. The lowest BCUT2D eigenvalue weighted by molar-refractivity contribution is 0.0917. The summed E-state index contributed by atoms with van der Waals surface area (Å²) >= 11 is 3.48. The van der Waals surface area contributed by atoms with E-state index in [1.165, 1.54) is 0 Å². The molecule has 17 heavy (non-hydrogen) atoms. The maximum absolute atomic E-state index is 5.58. The van der Waals surface area contributed by atoms with Crippen LogP contribution in [0.3, 0.4) is 0 Å². The van der Waals surface area contributed by atoms with Crippen molar-refractivity contribution in [3.8, 4) is 0 Å². The van der Waals surface area contributed by atoms with Crippen LogP contribution in [0.2, 0.25) is 0 Å². The standard InChI is InChI=1S/C13H14BrNO2/c14-13-4-2-1-3-10(13)8-16-9-12-6-5-11(7-15)17-12/h1-6H,7-9,15H2. The second-order valence-electron chi connectivity index (χ2n) is 3.66. The van der Waals surface area contributed by atoms with E-state index < -0.39 is 0 Å². The first-order valence-electron chi connectivity index (χ1n) is 5.38. The summed E-state index contributed by atoms with van der Waals surface area (Å²) in [6, 6.07) is 11.8. The molecule has 0 saturated heterocycles. The number of halogens is 1. The molecule has 1 aromatic carbocycles. The predicted octanol–water partition coefficient (Wildman–Crippen LogP) is 3.22. The van der Waals surface area contributed by atoms with Crippen molar-refractivity contribution in [3.63, 3.8) is 0 Å². The van der Waals surface area contributed by atoms with Gasteiger partial charge in [-0.05, 0) is 23.8 Å². The van der Waals surface area contributed by atoms with Crippen LogP contribution in [0.15, 0.2) is 45.3 Å². The number of nitrogens with two attached hydrogens (primary N) is 1. The van der Waals surface area contributed by atoms with Crippen molar-refractivity contribution in [2.75, 3.05) is 0 Å². The van der Waals surface area contributed by atoms with Crippen LogP contribution in [-0.2, 0) is 24.5 Å². The molecule has 0 spiro atoms. The summed E-state index contributed by atoms with van der Waals surface area (Å²) in [5, 5.41) is 0. The largest absolute Gasteiger partial charge is 0.462 e. The van der Waals surface area contributed by atoms with E-state index in [1.54, 1.807) is 0 Å². The molecule has 0 aliphatic heterocycles. The van der Waals surface area contributed by atoms with Crippen LogP contribution in [-0.4, -0.2) is 0 Å². The highest BCUT2D eigenvalue weighted by Gasteiger charge is 2.02. The van der Waals surface area contributed by atoms with Gasteiger partial charge in [0.25, 0.3) is 0 Å². The highest BCUT2D eigenvalue weighted by molar-refractivity contribution is 9.10. The van der Waals surface area contributed by atoms with Gasteiger partial charge in [-0.3, -0.25) is 0 Å². The van der Waals surface area contributed by atoms with Crippen molar-refractivity contribution >= 4 is 15.9 Å². The Bertz CT molecular complexity index is 482. The van der Waals surface area contributed by atoms with E-state index in [0.717, 1.165) is 21.6 Å². The normalized spacial score (nSPS) is 10.7. The Morgan fingerprint density at radius 2 is 1.82 bits per heavy atom. The van der Waals surface area contributed by atoms with E-state index in [4.69, 9.17) is 14.9 Å². The van der Waals surface area contributed by atoms with Gasteiger partial charge < -0.3 is 14.9 Å². The fourth-order valence-corrected chi connectivity index (χ4v) is 1.89. The molecule has 1 aromatic heterocycles. The smallest absolute Gasteiger partial charge is 0.129 e. The minimum absolute atomic E-state index is 0.421. The van der Waals surface area contributed by atoms with Crippen molar-refractivity contribution < 1.29 is 9.15 Å². The molecular formula is C13H14BrNO2. The molecular weight excluding hydrogens is 282 g/mol. The molecule has 4 heteroatoms. The molecule has 0 fully saturated rings. The van der Waals surface area contributed by atoms with Crippen LogP contribution in [0.25, 0.3) is 0 Å². The van der Waals surface area contributed by atoms with Crippen molar-refractivity contribution in [3.05, 3.63) is 58.0 Å². The second kappa shape index (κ2) is 6.00. The van der Waals surface area contributed by atoms with Gasteiger partial charge in [0.1, 0.15) is 18.1 Å². The Morgan fingerprint density at radius 3 is 2.53 bits per heavy atom. The Morgan fingerprint density at radius 1 is 1.06 bits per heavy atom. The van der Waals surface area contributed by atoms with Gasteiger partial charge >= 0.3 is 0 Å². The average molecular weight is 296 g/mol. The highest BCUT2D eigenvalue weighted by Crippen LogP contribution is 2.17. The Kier molecular flexibility index (Phi) is 4.36. The molecule has 2 rings (SSSR count). The third kappa shape index (κ3) is 3.43. The minimum Gasteiger partial charge on any atom is -0.462 e. The topological polar surface area (TPSA) is 48.4 Å². The van der Waals surface area contributed by atoms with E-state index in [0.29, 0.717) is 19.8 Å². The molecule has 2 N–H and O–H groups in total. The summed E-state index contributed by atoms with van der Waals surface area (Å²) in [6.07, 6.45) is 0. The zero-order chi connectivity index (χ0) is 12.1. The predicted molar refractivity (Wildman–Crippen MR) is 69.2 cm³/mol. The first-order chi connectivity index (χ1) is 8.29. The lowest BCUT2D eigenvalue weighted by Crippen LogP contribution is -1.95. The maximum Gasteiger partial charge on any atom is 0.129 e. The minimum atomic E-state index is 0.421. The Hall–Kier alpha value is -1.10. The lowest BCUT2D eigenvalue weighted by Gasteiger charge is -2.04. The van der Waals surface area contributed by atoms with Crippen molar-refractivity contribution in [2.45, 2.75) is 19.8 Å². The van der Waals surface area contributed by atoms with E-state index in [-0.39, 0.29) is 0 Å². The number of rotatable bonds is 5. The number of hydrogen-bond donors (Lipinski definition) is 1. The molecule has 1 heterocycles. The molecule has 3 nitrogen and oxygen atoms in total. The van der Waals surface area contributed by atoms with Crippen LogP contribution in [0.5, 0.6) is 0 Å². The van der Waals surface area contributed by atoms with Gasteiger partial charge in [0, 0.05) is 4.47 Å². The Balaban J connectivity index is 1.85. The van der Waals surface area contributed by atoms with E-state index in [2.05, 4.69) is 15.9 Å². The first-order valence-corrected chi connectivity index (χ1v) is 6.17. The van der Waals surface area contributed by atoms with Crippen molar-refractivity contribution in [1.82, 2.24) is 0 Å². The van der Waals surface area contributed by atoms with Gasteiger partial charge in [0.15, 0.2) is 0 Å². The second-order valence-corrected chi connectivity index (χ2v) is 4.51. The SMILES string of the molecule is NCc1ccc(COCc2ccccc2Br)o1. The average Bonchev–Trinajstić information content (AvgIpc) is 2.80. The first kappa shape index (κ1) is 12.4. The fraction of sp³-hybridized carbons (Fsp3) is 0.231. The van der Waals surface area contributed by atoms with Crippen LogP contribution in [0.4, 0.5) is 0 Å². The van der Waals surface area contributed by atoms with Gasteiger partial charge in [0.2, 0.25) is 0 Å². The van der Waals surface area contributed by atoms with E-state index in [1.807, 2.05) is 36.4 Å². The van der Waals surface area contributed by atoms with Crippen LogP contribution in [0.1, 0.15) is 17.1 Å².